The van der Waals surface area contributed by atoms with Crippen molar-refractivity contribution in [3.8, 4) is 0 Å². The third-order valence-corrected chi connectivity index (χ3v) is 4.89. The molecule has 0 unspecified atom stereocenters. The highest BCUT2D eigenvalue weighted by Crippen LogP contribution is 2.23. The lowest BCUT2D eigenvalue weighted by molar-refractivity contribution is -0.134. The maximum absolute atomic E-state index is 12.1. The molecule has 6 heteroatoms. The molecule has 0 atom stereocenters. The van der Waals surface area contributed by atoms with Crippen LogP contribution in [-0.2, 0) is 11.3 Å². The van der Waals surface area contributed by atoms with Crippen LogP contribution in [0.1, 0.15) is 17.7 Å². The predicted octanol–water partition coefficient (Wildman–Crippen LogP) is 1.93. The van der Waals surface area contributed by atoms with Gasteiger partial charge in [-0.15, -0.1) is 11.3 Å². The summed E-state index contributed by atoms with van der Waals surface area (Å²) < 4.78 is 1.12. The number of carbonyl (C=O) groups excluding carboxylic acids is 1. The Bertz CT molecular complexity index is 430. The monoisotopic (exact) mass is 346 g/mol. The van der Waals surface area contributed by atoms with Crippen molar-refractivity contribution in [1.29, 1.82) is 0 Å². The zero-order chi connectivity index (χ0) is 13.8. The fourth-order valence-electron chi connectivity index (χ4n) is 2.20. The number of likely N-dealkylation sites (N-methyl/N-ethyl adjacent to an activating group) is 1. The van der Waals surface area contributed by atoms with Gasteiger partial charge in [-0.05, 0) is 48.0 Å². The molecule has 19 heavy (non-hydrogen) atoms. The quantitative estimate of drug-likeness (QED) is 0.905. The number of carbonyl (C=O) groups is 1. The summed E-state index contributed by atoms with van der Waals surface area (Å²) in [6.45, 7) is 2.58. The summed E-state index contributed by atoms with van der Waals surface area (Å²) in [5.74, 6) is 0.157. The topological polar surface area (TPSA) is 43.8 Å². The molecule has 106 valence electrons. The van der Waals surface area contributed by atoms with Gasteiger partial charge in [0.1, 0.15) is 0 Å². The second-order valence-corrected chi connectivity index (χ2v) is 7.54. The molecule has 1 aromatic heterocycles. The Kier molecular flexibility index (Phi) is 5.38. The molecule has 0 bridgehead atoms. The maximum Gasteiger partial charge on any atom is 0.236 e. The number of aliphatic hydroxyl groups is 1. The van der Waals surface area contributed by atoms with E-state index in [2.05, 4.69) is 22.0 Å². The number of hydrogen-bond acceptors (Lipinski definition) is 4. The molecular weight excluding hydrogens is 328 g/mol. The number of aliphatic hydroxyl groups excluding tert-OH is 1. The van der Waals surface area contributed by atoms with Gasteiger partial charge in [0.15, 0.2) is 0 Å². The molecule has 0 aliphatic carbocycles. The number of piperidine rings is 1. The first-order chi connectivity index (χ1) is 9.04. The van der Waals surface area contributed by atoms with Gasteiger partial charge in [-0.3, -0.25) is 9.69 Å². The van der Waals surface area contributed by atoms with Crippen molar-refractivity contribution in [2.45, 2.75) is 25.5 Å². The minimum absolute atomic E-state index is 0.157. The van der Waals surface area contributed by atoms with Crippen molar-refractivity contribution in [3.05, 3.63) is 20.8 Å². The molecule has 1 N–H and O–H groups in total. The summed E-state index contributed by atoms with van der Waals surface area (Å²) in [4.78, 5) is 17.2. The highest BCUT2D eigenvalue weighted by atomic mass is 79.9. The van der Waals surface area contributed by atoms with Gasteiger partial charge in [-0.1, -0.05) is 0 Å². The van der Waals surface area contributed by atoms with Crippen molar-refractivity contribution in [2.24, 2.45) is 0 Å². The third kappa shape index (κ3) is 4.56. The lowest BCUT2D eigenvalue weighted by atomic mass is 10.1. The molecule has 1 saturated heterocycles. The van der Waals surface area contributed by atoms with Crippen LogP contribution in [-0.4, -0.2) is 53.6 Å². The number of thiophene rings is 1. The molecule has 1 aliphatic heterocycles. The Morgan fingerprint density at radius 2 is 2.21 bits per heavy atom. The van der Waals surface area contributed by atoms with E-state index in [0.29, 0.717) is 32.5 Å². The van der Waals surface area contributed by atoms with Gasteiger partial charge in [-0.2, -0.15) is 0 Å². The summed E-state index contributed by atoms with van der Waals surface area (Å²) in [5.41, 5.74) is 0. The first-order valence-corrected chi connectivity index (χ1v) is 8.04. The molecule has 1 amide bonds. The van der Waals surface area contributed by atoms with Gasteiger partial charge in [0, 0.05) is 24.5 Å². The van der Waals surface area contributed by atoms with Crippen LogP contribution in [0, 0.1) is 0 Å². The van der Waals surface area contributed by atoms with Gasteiger partial charge in [0.2, 0.25) is 5.91 Å². The molecule has 0 spiro atoms. The molecule has 0 aromatic carbocycles. The van der Waals surface area contributed by atoms with Crippen molar-refractivity contribution in [1.82, 2.24) is 9.80 Å². The van der Waals surface area contributed by atoms with Crippen molar-refractivity contribution < 1.29 is 9.90 Å². The van der Waals surface area contributed by atoms with Crippen LogP contribution in [0.15, 0.2) is 15.9 Å². The summed E-state index contributed by atoms with van der Waals surface area (Å²) in [7, 11) is 1.96. The van der Waals surface area contributed by atoms with Crippen molar-refractivity contribution in [2.75, 3.05) is 26.7 Å². The van der Waals surface area contributed by atoms with Gasteiger partial charge >= 0.3 is 0 Å². The fourth-order valence-corrected chi connectivity index (χ4v) is 3.77. The van der Waals surface area contributed by atoms with E-state index in [1.54, 1.807) is 11.3 Å². The van der Waals surface area contributed by atoms with Crippen LogP contribution < -0.4 is 0 Å². The Hall–Kier alpha value is -0.430. The SMILES string of the molecule is CN(CC(=O)N1CCC(O)CC1)Cc1ccc(Br)s1. The second kappa shape index (κ2) is 6.83. The van der Waals surface area contributed by atoms with Crippen LogP contribution >= 0.6 is 27.3 Å². The number of likely N-dealkylation sites (tertiary alicyclic amines) is 1. The Morgan fingerprint density at radius 3 is 2.79 bits per heavy atom. The average molecular weight is 347 g/mol. The predicted molar refractivity (Wildman–Crippen MR) is 80.2 cm³/mol. The van der Waals surface area contributed by atoms with E-state index in [0.717, 1.165) is 10.3 Å². The van der Waals surface area contributed by atoms with Crippen LogP contribution in [0.25, 0.3) is 0 Å². The fraction of sp³-hybridized carbons (Fsp3) is 0.615. The zero-order valence-electron chi connectivity index (χ0n) is 11.0. The number of nitrogens with zero attached hydrogens (tertiary/aromatic N) is 2. The van der Waals surface area contributed by atoms with E-state index < -0.39 is 0 Å². The molecule has 1 aliphatic rings. The average Bonchev–Trinajstić information content (AvgIpc) is 2.75. The number of hydrogen-bond donors (Lipinski definition) is 1. The molecule has 1 fully saturated rings. The van der Waals surface area contributed by atoms with E-state index in [1.807, 2.05) is 22.9 Å². The zero-order valence-corrected chi connectivity index (χ0v) is 13.4. The van der Waals surface area contributed by atoms with E-state index in [4.69, 9.17) is 0 Å². The maximum atomic E-state index is 12.1. The minimum Gasteiger partial charge on any atom is -0.393 e. The van der Waals surface area contributed by atoms with Crippen LogP contribution in [0.2, 0.25) is 0 Å². The Morgan fingerprint density at radius 1 is 1.53 bits per heavy atom. The summed E-state index contributed by atoms with van der Waals surface area (Å²) >= 11 is 5.14. The number of amides is 1. The summed E-state index contributed by atoms with van der Waals surface area (Å²) in [5, 5.41) is 9.44. The Labute approximate surface area is 126 Å². The van der Waals surface area contributed by atoms with E-state index in [-0.39, 0.29) is 12.0 Å². The van der Waals surface area contributed by atoms with Crippen LogP contribution in [0.5, 0.6) is 0 Å². The van der Waals surface area contributed by atoms with E-state index in [1.165, 1.54) is 4.88 Å². The minimum atomic E-state index is -0.231. The molecule has 0 saturated carbocycles. The van der Waals surface area contributed by atoms with Gasteiger partial charge in [-0.25, -0.2) is 0 Å². The number of rotatable bonds is 4. The third-order valence-electron chi connectivity index (χ3n) is 3.28. The Balaban J connectivity index is 1.78. The van der Waals surface area contributed by atoms with Gasteiger partial charge in [0.25, 0.3) is 0 Å². The smallest absolute Gasteiger partial charge is 0.236 e. The van der Waals surface area contributed by atoms with Crippen molar-refractivity contribution in [3.63, 3.8) is 0 Å². The summed E-state index contributed by atoms with van der Waals surface area (Å²) in [6, 6.07) is 4.11. The van der Waals surface area contributed by atoms with Gasteiger partial charge < -0.3 is 10.0 Å². The first kappa shape index (κ1) is 15.0. The highest BCUT2D eigenvalue weighted by molar-refractivity contribution is 9.11. The molecule has 0 radical (unpaired) electrons. The lowest BCUT2D eigenvalue weighted by Crippen LogP contribution is -2.44. The molecule has 1 aromatic rings. The number of halogens is 1. The first-order valence-electron chi connectivity index (χ1n) is 6.43. The standard InChI is InChI=1S/C13H19BrN2O2S/c1-15(8-11-2-3-12(14)19-11)9-13(18)16-6-4-10(17)5-7-16/h2-3,10,17H,4-9H2,1H3. The van der Waals surface area contributed by atoms with Crippen LogP contribution in [0.3, 0.4) is 0 Å². The van der Waals surface area contributed by atoms with E-state index >= 15 is 0 Å². The molecule has 2 rings (SSSR count). The second-order valence-electron chi connectivity index (χ2n) is 4.99. The largest absolute Gasteiger partial charge is 0.393 e. The normalized spacial score (nSPS) is 17.2. The van der Waals surface area contributed by atoms with Gasteiger partial charge in [0.05, 0.1) is 16.4 Å². The molecule has 4 nitrogen and oxygen atoms in total. The van der Waals surface area contributed by atoms with Crippen LogP contribution in [0.4, 0.5) is 0 Å². The molecular formula is C13H19BrN2O2S. The summed E-state index contributed by atoms with van der Waals surface area (Å²) in [6.07, 6.45) is 1.17. The van der Waals surface area contributed by atoms with E-state index in [9.17, 15) is 9.90 Å². The lowest BCUT2D eigenvalue weighted by Gasteiger charge is -2.31. The van der Waals surface area contributed by atoms with Crippen molar-refractivity contribution >= 4 is 33.2 Å². The highest BCUT2D eigenvalue weighted by Gasteiger charge is 2.21. The molecule has 2 heterocycles.